The minimum absolute atomic E-state index is 0.306. The second-order valence-corrected chi connectivity index (χ2v) is 11.9. The third kappa shape index (κ3) is 7.38. The maximum atomic E-state index is 9.53. The van der Waals surface area contributed by atoms with Crippen molar-refractivity contribution in [1.29, 1.82) is 0 Å². The maximum Gasteiger partial charge on any atom is 0.488 e. The fourth-order valence-electron chi connectivity index (χ4n) is 5.35. The lowest BCUT2D eigenvalue weighted by Crippen LogP contribution is -2.29. The Balaban J connectivity index is 0.000000129. The van der Waals surface area contributed by atoms with Gasteiger partial charge in [-0.2, -0.15) is 0 Å². The van der Waals surface area contributed by atoms with Crippen LogP contribution in [0.2, 0.25) is 0 Å². The van der Waals surface area contributed by atoms with Crippen LogP contribution in [0, 0.1) is 0 Å². The molecule has 0 aromatic heterocycles. The van der Waals surface area contributed by atoms with Crippen LogP contribution in [0.1, 0.15) is 0 Å². The van der Waals surface area contributed by atoms with E-state index in [0.29, 0.717) is 17.0 Å². The summed E-state index contributed by atoms with van der Waals surface area (Å²) in [6, 6.07) is 51.2. The quantitative estimate of drug-likeness (QED) is 0.139. The molecule has 6 heteroatoms. The van der Waals surface area contributed by atoms with E-state index < -0.39 is 7.12 Å². The van der Waals surface area contributed by atoms with Crippen LogP contribution in [0.25, 0.3) is 54.2 Å². The summed E-state index contributed by atoms with van der Waals surface area (Å²) < 4.78 is 1.06. The minimum atomic E-state index is -1.38. The van der Waals surface area contributed by atoms with Crippen molar-refractivity contribution < 1.29 is 20.3 Å². The Labute approximate surface area is 275 Å². The maximum absolute atomic E-state index is 9.53. The van der Waals surface area contributed by atoms with Crippen molar-refractivity contribution in [3.05, 3.63) is 162 Å². The van der Waals surface area contributed by atoms with E-state index in [9.17, 15) is 10.2 Å². The summed E-state index contributed by atoms with van der Waals surface area (Å²) in [6.07, 6.45) is 0. The van der Waals surface area contributed by atoms with Gasteiger partial charge in [0, 0.05) is 4.47 Å². The van der Waals surface area contributed by atoms with Gasteiger partial charge in [0.15, 0.2) is 0 Å². The van der Waals surface area contributed by atoms with Gasteiger partial charge in [-0.05, 0) is 108 Å². The Kier molecular flexibility index (Phi) is 9.32. The number of aromatic hydroxyl groups is 2. The average Bonchev–Trinajstić information content (AvgIpc) is 3.08. The van der Waals surface area contributed by atoms with Gasteiger partial charge in [-0.25, -0.2) is 0 Å². The molecule has 4 nitrogen and oxygen atoms in total. The van der Waals surface area contributed by atoms with Crippen molar-refractivity contribution in [1.82, 2.24) is 0 Å². The smallest absolute Gasteiger partial charge is 0.488 e. The highest BCUT2D eigenvalue weighted by Crippen LogP contribution is 2.29. The number of rotatable bonds is 2. The Morgan fingerprint density at radius 1 is 0.370 bits per heavy atom. The predicted molar refractivity (Wildman–Crippen MR) is 196 cm³/mol. The number of benzene rings is 8. The molecule has 0 spiro atoms. The molecule has 0 bridgehead atoms. The molecule has 46 heavy (non-hydrogen) atoms. The normalized spacial score (nSPS) is 10.7. The molecule has 8 aromatic carbocycles. The van der Waals surface area contributed by atoms with Crippen molar-refractivity contribution in [2.24, 2.45) is 0 Å². The van der Waals surface area contributed by atoms with Crippen LogP contribution in [0.15, 0.2) is 162 Å². The fourth-order valence-corrected chi connectivity index (χ4v) is 5.73. The zero-order valence-electron chi connectivity index (χ0n) is 24.8. The summed E-state index contributed by atoms with van der Waals surface area (Å²) in [4.78, 5) is 0. The van der Waals surface area contributed by atoms with Gasteiger partial charge in [-0.1, -0.05) is 125 Å². The zero-order chi connectivity index (χ0) is 32.0. The van der Waals surface area contributed by atoms with Gasteiger partial charge in [-0.15, -0.1) is 0 Å². The summed E-state index contributed by atoms with van der Waals surface area (Å²) in [6.45, 7) is 0. The first kappa shape index (κ1) is 30.9. The standard InChI is InChI=1S/C20H14O.C10H9BO2.C10H7BrO/c21-20-10-9-18-12-17(7-8-19(18)13-20)16-6-5-14-3-1-2-4-15(14)11-16;12-11(13)10-6-5-8-3-1-2-4-9(8)7-10;11-9-3-1-8-6-10(12)4-2-7(8)5-9/h1-13,21H;1-7,12-13H;1-6,12H. The molecule has 0 saturated heterocycles. The van der Waals surface area contributed by atoms with Crippen molar-refractivity contribution in [3.63, 3.8) is 0 Å². The molecule has 0 aliphatic rings. The first-order chi connectivity index (χ1) is 22.3. The van der Waals surface area contributed by atoms with Gasteiger partial charge in [0.2, 0.25) is 0 Å². The van der Waals surface area contributed by atoms with Gasteiger partial charge < -0.3 is 20.3 Å². The van der Waals surface area contributed by atoms with Gasteiger partial charge in [0.25, 0.3) is 0 Å². The SMILES string of the molecule is OB(O)c1ccc2ccccc2c1.Oc1ccc2cc(-c3ccc4ccccc4c3)ccc2c1.Oc1ccc2cc(Br)ccc2c1. The van der Waals surface area contributed by atoms with Crippen molar-refractivity contribution in [2.75, 3.05) is 0 Å². The Morgan fingerprint density at radius 3 is 1.33 bits per heavy atom. The molecule has 0 fully saturated rings. The molecule has 0 radical (unpaired) electrons. The molecule has 4 N–H and O–H groups in total. The summed E-state index contributed by atoms with van der Waals surface area (Å²) in [5.41, 5.74) is 2.93. The second-order valence-electron chi connectivity index (χ2n) is 11.0. The van der Waals surface area contributed by atoms with Gasteiger partial charge >= 0.3 is 7.12 Å². The van der Waals surface area contributed by atoms with E-state index in [0.717, 1.165) is 36.8 Å². The predicted octanol–water partition coefficient (Wildman–Crippen LogP) is 9.19. The number of fused-ring (bicyclic) bond motifs is 4. The molecule has 0 aliphatic carbocycles. The van der Waals surface area contributed by atoms with Crippen LogP contribution in [-0.2, 0) is 0 Å². The first-order valence-electron chi connectivity index (χ1n) is 14.8. The minimum Gasteiger partial charge on any atom is -0.508 e. The number of hydrogen-bond acceptors (Lipinski definition) is 4. The van der Waals surface area contributed by atoms with E-state index in [-0.39, 0.29) is 0 Å². The van der Waals surface area contributed by atoms with Crippen LogP contribution in [0.5, 0.6) is 11.5 Å². The highest BCUT2D eigenvalue weighted by molar-refractivity contribution is 9.10. The molecule has 0 heterocycles. The van der Waals surface area contributed by atoms with Gasteiger partial charge in [0.05, 0.1) is 0 Å². The van der Waals surface area contributed by atoms with Crippen molar-refractivity contribution >= 4 is 71.6 Å². The molecular formula is C40H30BBrO4. The third-order valence-electron chi connectivity index (χ3n) is 7.76. The number of phenolic OH excluding ortho intramolecular Hbond substituents is 2. The molecule has 0 atom stereocenters. The van der Waals surface area contributed by atoms with E-state index in [4.69, 9.17) is 10.0 Å². The van der Waals surface area contributed by atoms with Crippen LogP contribution in [0.3, 0.4) is 0 Å². The van der Waals surface area contributed by atoms with E-state index in [1.54, 1.807) is 36.4 Å². The zero-order valence-corrected chi connectivity index (χ0v) is 26.3. The highest BCUT2D eigenvalue weighted by atomic mass is 79.9. The first-order valence-corrected chi connectivity index (χ1v) is 15.6. The summed E-state index contributed by atoms with van der Waals surface area (Å²) >= 11 is 3.39. The van der Waals surface area contributed by atoms with Crippen LogP contribution in [-0.4, -0.2) is 27.4 Å². The lowest BCUT2D eigenvalue weighted by atomic mass is 9.79. The van der Waals surface area contributed by atoms with Gasteiger partial charge in [-0.3, -0.25) is 0 Å². The average molecular weight is 665 g/mol. The third-order valence-corrected chi connectivity index (χ3v) is 8.26. The van der Waals surface area contributed by atoms with Gasteiger partial charge in [0.1, 0.15) is 11.5 Å². The molecule has 0 unspecified atom stereocenters. The molecule has 8 aromatic rings. The highest BCUT2D eigenvalue weighted by Gasteiger charge is 2.10. The fraction of sp³-hybridized carbons (Fsp3) is 0. The number of halogens is 1. The molecular weight excluding hydrogens is 635 g/mol. The Morgan fingerprint density at radius 2 is 0.761 bits per heavy atom. The monoisotopic (exact) mass is 664 g/mol. The Hall–Kier alpha value is -5.14. The van der Waals surface area contributed by atoms with Crippen LogP contribution >= 0.6 is 15.9 Å². The lowest BCUT2D eigenvalue weighted by molar-refractivity contribution is 0.426. The van der Waals surface area contributed by atoms with Crippen LogP contribution < -0.4 is 5.46 Å². The summed E-state index contributed by atoms with van der Waals surface area (Å²) in [5.74, 6) is 0.616. The lowest BCUT2D eigenvalue weighted by Gasteiger charge is -2.06. The number of phenols is 2. The van der Waals surface area contributed by atoms with E-state index in [1.165, 1.54) is 21.9 Å². The van der Waals surface area contributed by atoms with E-state index in [1.807, 2.05) is 60.7 Å². The second kappa shape index (κ2) is 13.9. The Bertz CT molecular complexity index is 2260. The van der Waals surface area contributed by atoms with E-state index >= 15 is 0 Å². The molecule has 0 saturated carbocycles. The molecule has 0 amide bonds. The van der Waals surface area contributed by atoms with Crippen molar-refractivity contribution in [2.45, 2.75) is 0 Å². The van der Waals surface area contributed by atoms with E-state index in [2.05, 4.69) is 76.6 Å². The molecule has 224 valence electrons. The topological polar surface area (TPSA) is 80.9 Å². The van der Waals surface area contributed by atoms with Crippen molar-refractivity contribution in [3.8, 4) is 22.6 Å². The number of hydrogen-bond donors (Lipinski definition) is 4. The summed E-state index contributed by atoms with van der Waals surface area (Å²) in [5, 5.41) is 45.6. The largest absolute Gasteiger partial charge is 0.508 e. The summed E-state index contributed by atoms with van der Waals surface area (Å²) in [7, 11) is -1.38. The molecule has 8 rings (SSSR count). The van der Waals surface area contributed by atoms with Crippen LogP contribution in [0.4, 0.5) is 0 Å². The molecule has 0 aliphatic heterocycles.